The van der Waals surface area contributed by atoms with E-state index in [2.05, 4.69) is 25.0 Å². The highest BCUT2D eigenvalue weighted by Crippen LogP contribution is 2.25. The molecule has 1 N–H and O–H groups in total. The van der Waals surface area contributed by atoms with Crippen LogP contribution in [-0.4, -0.2) is 28.0 Å². The van der Waals surface area contributed by atoms with Crippen LogP contribution in [0.25, 0.3) is 0 Å². The number of rotatable bonds is 4. The van der Waals surface area contributed by atoms with Crippen LogP contribution in [0.1, 0.15) is 29.3 Å². The second kappa shape index (κ2) is 5.31. The molecule has 0 bridgehead atoms. The SMILES string of the molecule is COC(=O)c1cnc(NC(C)(C)c2nccs2)cn1. The van der Waals surface area contributed by atoms with Gasteiger partial charge in [0.05, 0.1) is 25.0 Å². The normalized spacial score (nSPS) is 11.1. The second-order valence-corrected chi connectivity index (χ2v) is 5.26. The molecule has 100 valence electrons. The van der Waals surface area contributed by atoms with Crippen LogP contribution >= 0.6 is 11.3 Å². The summed E-state index contributed by atoms with van der Waals surface area (Å²) >= 11 is 1.56. The molecule has 0 fully saturated rings. The van der Waals surface area contributed by atoms with E-state index < -0.39 is 5.97 Å². The molecule has 0 aromatic carbocycles. The van der Waals surface area contributed by atoms with Crippen molar-refractivity contribution in [3.63, 3.8) is 0 Å². The highest BCUT2D eigenvalue weighted by Gasteiger charge is 2.23. The van der Waals surface area contributed by atoms with E-state index in [0.717, 1.165) is 5.01 Å². The summed E-state index contributed by atoms with van der Waals surface area (Å²) < 4.78 is 4.57. The number of carbonyl (C=O) groups is 1. The summed E-state index contributed by atoms with van der Waals surface area (Å²) in [6.45, 7) is 4.00. The van der Waals surface area contributed by atoms with E-state index in [9.17, 15) is 4.79 Å². The van der Waals surface area contributed by atoms with Gasteiger partial charge < -0.3 is 10.1 Å². The summed E-state index contributed by atoms with van der Waals surface area (Å²) in [7, 11) is 1.31. The average molecular weight is 278 g/mol. The van der Waals surface area contributed by atoms with Crippen LogP contribution in [0, 0.1) is 0 Å². The standard InChI is InChI=1S/C12H14N4O2S/c1-12(2,11-13-4-5-19-11)16-9-7-14-8(6-15-9)10(17)18-3/h4-7H,1-3H3,(H,15,16). The van der Waals surface area contributed by atoms with Crippen LogP contribution in [0.5, 0.6) is 0 Å². The van der Waals surface area contributed by atoms with Crippen LogP contribution in [0.2, 0.25) is 0 Å². The van der Waals surface area contributed by atoms with Crippen molar-refractivity contribution in [2.75, 3.05) is 12.4 Å². The Kier molecular flexibility index (Phi) is 3.75. The Morgan fingerprint density at radius 2 is 2.11 bits per heavy atom. The first kappa shape index (κ1) is 13.4. The van der Waals surface area contributed by atoms with Crippen LogP contribution in [-0.2, 0) is 10.3 Å². The molecule has 0 saturated carbocycles. The van der Waals surface area contributed by atoms with Crippen molar-refractivity contribution >= 4 is 23.1 Å². The van der Waals surface area contributed by atoms with Crippen molar-refractivity contribution in [3.05, 3.63) is 34.7 Å². The predicted octanol–water partition coefficient (Wildman–Crippen LogP) is 2.07. The van der Waals surface area contributed by atoms with E-state index in [0.29, 0.717) is 5.82 Å². The zero-order valence-corrected chi connectivity index (χ0v) is 11.7. The molecule has 0 radical (unpaired) electrons. The zero-order valence-electron chi connectivity index (χ0n) is 10.9. The molecule has 0 spiro atoms. The highest BCUT2D eigenvalue weighted by molar-refractivity contribution is 7.09. The lowest BCUT2D eigenvalue weighted by molar-refractivity contribution is 0.0593. The van der Waals surface area contributed by atoms with Crippen molar-refractivity contribution in [2.45, 2.75) is 19.4 Å². The summed E-state index contributed by atoms with van der Waals surface area (Å²) in [6.07, 6.45) is 4.64. The van der Waals surface area contributed by atoms with Gasteiger partial charge in [0.15, 0.2) is 5.69 Å². The molecule has 2 aromatic rings. The third kappa shape index (κ3) is 3.05. The van der Waals surface area contributed by atoms with Gasteiger partial charge in [-0.1, -0.05) is 0 Å². The Morgan fingerprint density at radius 1 is 1.32 bits per heavy atom. The summed E-state index contributed by atoms with van der Waals surface area (Å²) in [5.41, 5.74) is -0.171. The monoisotopic (exact) mass is 278 g/mol. The van der Waals surface area contributed by atoms with Crippen LogP contribution in [0.4, 0.5) is 5.82 Å². The number of anilines is 1. The first-order chi connectivity index (χ1) is 9.03. The minimum absolute atomic E-state index is 0.181. The maximum Gasteiger partial charge on any atom is 0.358 e. The van der Waals surface area contributed by atoms with E-state index >= 15 is 0 Å². The molecule has 0 aliphatic heterocycles. The number of aromatic nitrogens is 3. The zero-order chi connectivity index (χ0) is 13.9. The molecule has 6 nitrogen and oxygen atoms in total. The van der Waals surface area contributed by atoms with Gasteiger partial charge in [0.2, 0.25) is 0 Å². The molecule has 0 saturated heterocycles. The van der Waals surface area contributed by atoms with Gasteiger partial charge in [0, 0.05) is 11.6 Å². The maximum atomic E-state index is 11.2. The molecular weight excluding hydrogens is 264 g/mol. The van der Waals surface area contributed by atoms with Crippen molar-refractivity contribution in [1.82, 2.24) is 15.0 Å². The Balaban J connectivity index is 2.14. The quantitative estimate of drug-likeness (QED) is 0.863. The topological polar surface area (TPSA) is 77.0 Å². The molecular formula is C12H14N4O2S. The van der Waals surface area contributed by atoms with Gasteiger partial charge in [-0.2, -0.15) is 0 Å². The Bertz CT molecular complexity index is 552. The number of thiazole rings is 1. The van der Waals surface area contributed by atoms with Gasteiger partial charge >= 0.3 is 5.97 Å². The Hall–Kier alpha value is -2.02. The number of carbonyl (C=O) groups excluding carboxylic acids is 1. The minimum Gasteiger partial charge on any atom is -0.464 e. The number of nitrogens with one attached hydrogen (secondary N) is 1. The number of esters is 1. The molecule has 7 heteroatoms. The van der Waals surface area contributed by atoms with E-state index in [1.54, 1.807) is 17.5 Å². The molecule has 0 aliphatic rings. The minimum atomic E-state index is -0.502. The average Bonchev–Trinajstić information content (AvgIpc) is 2.93. The van der Waals surface area contributed by atoms with Gasteiger partial charge in [0.25, 0.3) is 0 Å². The van der Waals surface area contributed by atoms with Crippen molar-refractivity contribution < 1.29 is 9.53 Å². The third-order valence-corrected chi connectivity index (χ3v) is 3.55. The molecule has 2 rings (SSSR count). The highest BCUT2D eigenvalue weighted by atomic mass is 32.1. The van der Waals surface area contributed by atoms with Crippen molar-refractivity contribution in [3.8, 4) is 0 Å². The third-order valence-electron chi connectivity index (χ3n) is 2.45. The number of hydrogen-bond donors (Lipinski definition) is 1. The molecule has 0 atom stereocenters. The summed E-state index contributed by atoms with van der Waals surface area (Å²) in [4.78, 5) is 23.7. The fourth-order valence-corrected chi connectivity index (χ4v) is 2.23. The number of methoxy groups -OCH3 is 1. The van der Waals surface area contributed by atoms with Gasteiger partial charge in [-0.25, -0.2) is 19.7 Å². The van der Waals surface area contributed by atoms with Gasteiger partial charge in [-0.3, -0.25) is 0 Å². The first-order valence-electron chi connectivity index (χ1n) is 5.61. The predicted molar refractivity (Wildman–Crippen MR) is 72.1 cm³/mol. The second-order valence-electron chi connectivity index (χ2n) is 4.37. The summed E-state index contributed by atoms with van der Waals surface area (Å²) in [6, 6.07) is 0. The number of ether oxygens (including phenoxy) is 1. The lowest BCUT2D eigenvalue weighted by atomic mass is 10.1. The van der Waals surface area contributed by atoms with Crippen LogP contribution < -0.4 is 5.32 Å². The lowest BCUT2D eigenvalue weighted by Gasteiger charge is -2.24. The molecule has 2 aromatic heterocycles. The van der Waals surface area contributed by atoms with Gasteiger partial charge in [-0.15, -0.1) is 11.3 Å². The fraction of sp³-hybridized carbons (Fsp3) is 0.333. The van der Waals surface area contributed by atoms with E-state index in [1.807, 2.05) is 19.2 Å². The largest absolute Gasteiger partial charge is 0.464 e. The maximum absolute atomic E-state index is 11.2. The fourth-order valence-electron chi connectivity index (χ4n) is 1.51. The van der Waals surface area contributed by atoms with Gasteiger partial charge in [-0.05, 0) is 13.8 Å². The molecule has 0 unspecified atom stereocenters. The molecule has 0 aliphatic carbocycles. The van der Waals surface area contributed by atoms with Crippen molar-refractivity contribution in [2.24, 2.45) is 0 Å². The molecule has 19 heavy (non-hydrogen) atoms. The smallest absolute Gasteiger partial charge is 0.358 e. The molecule has 2 heterocycles. The van der Waals surface area contributed by atoms with Crippen molar-refractivity contribution in [1.29, 1.82) is 0 Å². The summed E-state index contributed by atoms with van der Waals surface area (Å²) in [5, 5.41) is 6.10. The number of hydrogen-bond acceptors (Lipinski definition) is 7. The van der Waals surface area contributed by atoms with E-state index in [4.69, 9.17) is 0 Å². The van der Waals surface area contributed by atoms with E-state index in [-0.39, 0.29) is 11.2 Å². The Labute approximate surface area is 114 Å². The van der Waals surface area contributed by atoms with E-state index in [1.165, 1.54) is 19.5 Å². The van der Waals surface area contributed by atoms with Gasteiger partial charge in [0.1, 0.15) is 10.8 Å². The van der Waals surface area contributed by atoms with Crippen LogP contribution in [0.15, 0.2) is 24.0 Å². The first-order valence-corrected chi connectivity index (χ1v) is 6.49. The Morgan fingerprint density at radius 3 is 2.63 bits per heavy atom. The van der Waals surface area contributed by atoms with Crippen LogP contribution in [0.3, 0.4) is 0 Å². The molecule has 0 amide bonds. The lowest BCUT2D eigenvalue weighted by Crippen LogP contribution is -2.28. The summed E-state index contributed by atoms with van der Waals surface area (Å²) in [5.74, 6) is 0.0751. The number of nitrogens with zero attached hydrogens (tertiary/aromatic N) is 3.